The highest BCUT2D eigenvalue weighted by Crippen LogP contribution is 2.21. The maximum absolute atomic E-state index is 13.5. The number of hydrogen-bond acceptors (Lipinski definition) is 2. The SMILES string of the molecule is NC(=S)C1CCCN1Cc1ccccc1F. The minimum atomic E-state index is -0.156. The van der Waals surface area contributed by atoms with Crippen molar-refractivity contribution in [3.05, 3.63) is 35.6 Å². The molecule has 2 nitrogen and oxygen atoms in total. The average Bonchev–Trinajstić information content (AvgIpc) is 2.69. The van der Waals surface area contributed by atoms with E-state index in [4.69, 9.17) is 18.0 Å². The first-order valence-electron chi connectivity index (χ1n) is 5.45. The Kier molecular flexibility index (Phi) is 3.51. The van der Waals surface area contributed by atoms with Crippen molar-refractivity contribution in [2.75, 3.05) is 6.54 Å². The Morgan fingerprint density at radius 2 is 2.25 bits per heavy atom. The summed E-state index contributed by atoms with van der Waals surface area (Å²) in [4.78, 5) is 2.68. The number of hydrogen-bond donors (Lipinski definition) is 1. The zero-order valence-electron chi connectivity index (χ0n) is 9.03. The maximum atomic E-state index is 13.5. The van der Waals surface area contributed by atoms with Crippen LogP contribution >= 0.6 is 12.2 Å². The van der Waals surface area contributed by atoms with E-state index in [1.807, 2.05) is 12.1 Å². The molecule has 1 heterocycles. The quantitative estimate of drug-likeness (QED) is 0.817. The molecular weight excluding hydrogens is 223 g/mol. The van der Waals surface area contributed by atoms with Crippen molar-refractivity contribution in [3.63, 3.8) is 0 Å². The van der Waals surface area contributed by atoms with E-state index in [9.17, 15) is 4.39 Å². The van der Waals surface area contributed by atoms with Crippen LogP contribution in [0.4, 0.5) is 4.39 Å². The number of nitrogens with two attached hydrogens (primary N) is 1. The van der Waals surface area contributed by atoms with Gasteiger partial charge in [-0.15, -0.1) is 0 Å². The fourth-order valence-corrected chi connectivity index (χ4v) is 2.45. The van der Waals surface area contributed by atoms with Crippen LogP contribution in [0.25, 0.3) is 0 Å². The van der Waals surface area contributed by atoms with Gasteiger partial charge in [0.2, 0.25) is 0 Å². The average molecular weight is 238 g/mol. The second-order valence-corrected chi connectivity index (χ2v) is 4.59. The van der Waals surface area contributed by atoms with Crippen LogP contribution in [0.2, 0.25) is 0 Å². The van der Waals surface area contributed by atoms with Crippen molar-refractivity contribution in [3.8, 4) is 0 Å². The fourth-order valence-electron chi connectivity index (χ4n) is 2.18. The highest BCUT2D eigenvalue weighted by molar-refractivity contribution is 7.80. The molecule has 1 saturated heterocycles. The van der Waals surface area contributed by atoms with Gasteiger partial charge in [-0.2, -0.15) is 0 Å². The van der Waals surface area contributed by atoms with E-state index in [0.29, 0.717) is 17.1 Å². The molecular formula is C12H15FN2S. The van der Waals surface area contributed by atoms with Crippen LogP contribution in [0.1, 0.15) is 18.4 Å². The van der Waals surface area contributed by atoms with Gasteiger partial charge in [0.05, 0.1) is 11.0 Å². The van der Waals surface area contributed by atoms with Crippen molar-refractivity contribution >= 4 is 17.2 Å². The van der Waals surface area contributed by atoms with Gasteiger partial charge in [-0.3, -0.25) is 4.90 Å². The summed E-state index contributed by atoms with van der Waals surface area (Å²) in [5.41, 5.74) is 6.39. The van der Waals surface area contributed by atoms with Crippen LogP contribution < -0.4 is 5.73 Å². The summed E-state index contributed by atoms with van der Waals surface area (Å²) in [6, 6.07) is 6.98. The Bertz CT molecular complexity index is 394. The van der Waals surface area contributed by atoms with E-state index < -0.39 is 0 Å². The number of rotatable bonds is 3. The van der Waals surface area contributed by atoms with Crippen molar-refractivity contribution < 1.29 is 4.39 Å². The Balaban J connectivity index is 2.10. The summed E-state index contributed by atoms with van der Waals surface area (Å²) in [6.07, 6.45) is 2.07. The lowest BCUT2D eigenvalue weighted by Crippen LogP contribution is -2.38. The molecule has 0 aromatic heterocycles. The monoisotopic (exact) mass is 238 g/mol. The van der Waals surface area contributed by atoms with Crippen LogP contribution in [0.3, 0.4) is 0 Å². The maximum Gasteiger partial charge on any atom is 0.127 e. The first-order chi connectivity index (χ1) is 7.68. The summed E-state index contributed by atoms with van der Waals surface area (Å²) in [7, 11) is 0. The highest BCUT2D eigenvalue weighted by atomic mass is 32.1. The van der Waals surface area contributed by atoms with Gasteiger partial charge >= 0.3 is 0 Å². The third kappa shape index (κ3) is 2.39. The van der Waals surface area contributed by atoms with E-state index in [2.05, 4.69) is 4.90 Å². The standard InChI is InChI=1S/C12H15FN2S/c13-10-5-2-1-4-9(10)8-15-7-3-6-11(15)12(14)16/h1-2,4-5,11H,3,6-8H2,(H2,14,16). The Hall–Kier alpha value is -1.00. The van der Waals surface area contributed by atoms with Gasteiger partial charge in [0.25, 0.3) is 0 Å². The predicted octanol–water partition coefficient (Wildman–Crippen LogP) is 2.08. The molecule has 1 aromatic rings. The second-order valence-electron chi connectivity index (χ2n) is 4.12. The van der Waals surface area contributed by atoms with Crippen LogP contribution in [-0.4, -0.2) is 22.5 Å². The molecule has 0 saturated carbocycles. The minimum Gasteiger partial charge on any atom is -0.392 e. The molecule has 4 heteroatoms. The molecule has 0 radical (unpaired) electrons. The lowest BCUT2D eigenvalue weighted by Gasteiger charge is -2.23. The van der Waals surface area contributed by atoms with Crippen LogP contribution in [0.5, 0.6) is 0 Å². The molecule has 0 spiro atoms. The van der Waals surface area contributed by atoms with Gasteiger partial charge in [-0.05, 0) is 25.5 Å². The number of thiocarbonyl (C=S) groups is 1. The fraction of sp³-hybridized carbons (Fsp3) is 0.417. The third-order valence-corrected chi connectivity index (χ3v) is 3.30. The summed E-state index contributed by atoms with van der Waals surface area (Å²) < 4.78 is 13.5. The molecule has 1 aliphatic heterocycles. The van der Waals surface area contributed by atoms with Crippen molar-refractivity contribution in [2.24, 2.45) is 5.73 Å². The molecule has 1 fully saturated rings. The first-order valence-corrected chi connectivity index (χ1v) is 5.86. The molecule has 86 valence electrons. The summed E-state index contributed by atoms with van der Waals surface area (Å²) >= 11 is 5.02. The topological polar surface area (TPSA) is 29.3 Å². The lowest BCUT2D eigenvalue weighted by atomic mass is 10.1. The Morgan fingerprint density at radius 1 is 1.50 bits per heavy atom. The zero-order valence-corrected chi connectivity index (χ0v) is 9.84. The number of halogens is 1. The van der Waals surface area contributed by atoms with Gasteiger partial charge < -0.3 is 5.73 Å². The minimum absolute atomic E-state index is 0.134. The molecule has 1 atom stereocenters. The van der Waals surface area contributed by atoms with E-state index in [1.165, 1.54) is 6.07 Å². The van der Waals surface area contributed by atoms with Crippen molar-refractivity contribution in [1.29, 1.82) is 0 Å². The number of nitrogens with zero attached hydrogens (tertiary/aromatic N) is 1. The van der Waals surface area contributed by atoms with Gasteiger partial charge in [0, 0.05) is 12.1 Å². The molecule has 2 rings (SSSR count). The van der Waals surface area contributed by atoms with E-state index in [0.717, 1.165) is 19.4 Å². The molecule has 1 aromatic carbocycles. The number of likely N-dealkylation sites (tertiary alicyclic amines) is 1. The largest absolute Gasteiger partial charge is 0.392 e. The molecule has 0 amide bonds. The zero-order chi connectivity index (χ0) is 11.5. The highest BCUT2D eigenvalue weighted by Gasteiger charge is 2.26. The lowest BCUT2D eigenvalue weighted by molar-refractivity contribution is 0.290. The summed E-state index contributed by atoms with van der Waals surface area (Å²) in [5, 5.41) is 0. The molecule has 1 unspecified atom stereocenters. The van der Waals surface area contributed by atoms with Gasteiger partial charge in [0.1, 0.15) is 5.82 Å². The third-order valence-electron chi connectivity index (χ3n) is 3.02. The smallest absolute Gasteiger partial charge is 0.127 e. The van der Waals surface area contributed by atoms with Gasteiger partial charge in [-0.1, -0.05) is 30.4 Å². The Labute approximate surface area is 100 Å². The van der Waals surface area contributed by atoms with E-state index in [-0.39, 0.29) is 11.9 Å². The second kappa shape index (κ2) is 4.89. The molecule has 16 heavy (non-hydrogen) atoms. The van der Waals surface area contributed by atoms with Gasteiger partial charge in [-0.25, -0.2) is 4.39 Å². The van der Waals surface area contributed by atoms with Crippen LogP contribution in [0.15, 0.2) is 24.3 Å². The molecule has 0 aliphatic carbocycles. The van der Waals surface area contributed by atoms with Crippen molar-refractivity contribution in [1.82, 2.24) is 4.90 Å². The van der Waals surface area contributed by atoms with Crippen molar-refractivity contribution in [2.45, 2.75) is 25.4 Å². The molecule has 2 N–H and O–H groups in total. The first kappa shape index (κ1) is 11.5. The molecule has 1 aliphatic rings. The van der Waals surface area contributed by atoms with E-state index in [1.54, 1.807) is 6.07 Å². The number of benzene rings is 1. The summed E-state index contributed by atoms with van der Waals surface area (Å²) in [6.45, 7) is 1.53. The predicted molar refractivity (Wildman–Crippen MR) is 66.6 cm³/mol. The van der Waals surface area contributed by atoms with Gasteiger partial charge in [0.15, 0.2) is 0 Å². The van der Waals surface area contributed by atoms with Crippen LogP contribution in [0, 0.1) is 5.82 Å². The molecule has 0 bridgehead atoms. The normalized spacial score (nSPS) is 21.2. The Morgan fingerprint density at radius 3 is 2.94 bits per heavy atom. The van der Waals surface area contributed by atoms with Crippen LogP contribution in [-0.2, 0) is 6.54 Å². The summed E-state index contributed by atoms with van der Waals surface area (Å²) in [5.74, 6) is -0.156. The van der Waals surface area contributed by atoms with E-state index >= 15 is 0 Å².